The van der Waals surface area contributed by atoms with Crippen molar-refractivity contribution < 1.29 is 23.8 Å². The number of methoxy groups -OCH3 is 1. The highest BCUT2D eigenvalue weighted by Crippen LogP contribution is 2.39. The number of carbonyl (C=O) groups is 2. The van der Waals surface area contributed by atoms with Crippen LogP contribution in [0.15, 0.2) is 11.4 Å². The number of hydrogen-bond donors (Lipinski definition) is 0. The highest BCUT2D eigenvalue weighted by atomic mass is 32.1. The Hall–Kier alpha value is -1.44. The van der Waals surface area contributed by atoms with Gasteiger partial charge in [0.05, 0.1) is 26.0 Å². The van der Waals surface area contributed by atoms with Gasteiger partial charge < -0.3 is 19.1 Å². The summed E-state index contributed by atoms with van der Waals surface area (Å²) in [6.07, 6.45) is 11.3. The number of hydrogen-bond acceptors (Lipinski definition) is 6. The highest BCUT2D eigenvalue weighted by molar-refractivity contribution is 7.12. The number of rotatable bonds is 4. The van der Waals surface area contributed by atoms with E-state index in [1.807, 2.05) is 0 Å². The van der Waals surface area contributed by atoms with Crippen LogP contribution in [0.2, 0.25) is 0 Å². The molecule has 1 amide bonds. The average Bonchev–Trinajstić information content (AvgIpc) is 3.41. The summed E-state index contributed by atoms with van der Waals surface area (Å²) in [6, 6.07) is 1.84. The minimum Gasteiger partial charge on any atom is -0.465 e. The second-order valence-corrected chi connectivity index (χ2v) is 9.14. The standard InChI is InChI=1S/C15H19NO5S.C7H14/c1-19-14(18)13-12(4-9-22-13)16(10-17)11-2-5-15(6-3-11)20-7-8-21-15;1-7-5-3-2-4-6-7/h4,9-11H,2-3,5-8H2,1H3;7H,2-6H2,1H3. The van der Waals surface area contributed by atoms with Crippen LogP contribution in [0.25, 0.3) is 0 Å². The third-order valence-corrected chi connectivity index (χ3v) is 7.11. The molecule has 0 aromatic carbocycles. The van der Waals surface area contributed by atoms with Gasteiger partial charge in [-0.2, -0.15) is 0 Å². The minimum atomic E-state index is -0.453. The maximum Gasteiger partial charge on any atom is 0.350 e. The molecule has 7 heteroatoms. The molecule has 4 rings (SSSR count). The van der Waals surface area contributed by atoms with E-state index in [0.717, 1.165) is 38.0 Å². The van der Waals surface area contributed by atoms with Gasteiger partial charge in [-0.15, -0.1) is 11.3 Å². The van der Waals surface area contributed by atoms with Gasteiger partial charge >= 0.3 is 5.97 Å². The number of carbonyl (C=O) groups excluding carboxylic acids is 2. The summed E-state index contributed by atoms with van der Waals surface area (Å²) in [4.78, 5) is 25.5. The van der Waals surface area contributed by atoms with Gasteiger partial charge in [-0.05, 0) is 30.2 Å². The molecule has 3 aliphatic rings. The molecule has 0 N–H and O–H groups in total. The first-order valence-corrected chi connectivity index (χ1v) is 11.6. The molecule has 0 unspecified atom stereocenters. The van der Waals surface area contributed by atoms with E-state index in [-0.39, 0.29) is 6.04 Å². The van der Waals surface area contributed by atoms with E-state index in [2.05, 4.69) is 6.92 Å². The molecule has 0 atom stereocenters. The molecule has 0 radical (unpaired) electrons. The van der Waals surface area contributed by atoms with Crippen molar-refractivity contribution in [3.05, 3.63) is 16.3 Å². The van der Waals surface area contributed by atoms with E-state index < -0.39 is 11.8 Å². The Morgan fingerprint density at radius 2 is 1.83 bits per heavy atom. The van der Waals surface area contributed by atoms with Gasteiger partial charge in [-0.25, -0.2) is 4.79 Å². The van der Waals surface area contributed by atoms with Crippen LogP contribution in [-0.4, -0.2) is 44.5 Å². The minimum absolute atomic E-state index is 0.0499. The number of amides is 1. The van der Waals surface area contributed by atoms with E-state index in [0.29, 0.717) is 23.8 Å². The van der Waals surface area contributed by atoms with Crippen molar-refractivity contribution in [1.82, 2.24) is 0 Å². The molecule has 2 saturated carbocycles. The summed E-state index contributed by atoms with van der Waals surface area (Å²) >= 11 is 1.28. The first-order chi connectivity index (χ1) is 14.1. The SMILES string of the molecule is CC1CCCCC1.COC(=O)c1sccc1N(C=O)C1CCC2(CC1)OCCO2. The van der Waals surface area contributed by atoms with Crippen molar-refractivity contribution in [1.29, 1.82) is 0 Å². The first kappa shape index (κ1) is 22.2. The second kappa shape index (κ2) is 10.5. The molecule has 2 aliphatic carbocycles. The van der Waals surface area contributed by atoms with Crippen LogP contribution in [0.1, 0.15) is 74.4 Å². The molecule has 1 aromatic rings. The molecule has 2 heterocycles. The maximum atomic E-state index is 11.8. The third kappa shape index (κ3) is 5.58. The first-order valence-electron chi connectivity index (χ1n) is 10.8. The van der Waals surface area contributed by atoms with Crippen LogP contribution >= 0.6 is 11.3 Å². The third-order valence-electron chi connectivity index (χ3n) is 6.22. The van der Waals surface area contributed by atoms with Crippen LogP contribution < -0.4 is 4.90 Å². The Bertz CT molecular complexity index is 654. The lowest BCUT2D eigenvalue weighted by atomic mass is 9.89. The zero-order chi connectivity index (χ0) is 20.7. The van der Waals surface area contributed by atoms with Crippen LogP contribution in [0, 0.1) is 5.92 Å². The fourth-order valence-electron chi connectivity index (χ4n) is 4.50. The maximum absolute atomic E-state index is 11.8. The van der Waals surface area contributed by atoms with Gasteiger partial charge in [-0.3, -0.25) is 4.79 Å². The Morgan fingerprint density at radius 3 is 2.34 bits per heavy atom. The van der Waals surface area contributed by atoms with E-state index >= 15 is 0 Å². The van der Waals surface area contributed by atoms with Gasteiger partial charge in [0.1, 0.15) is 4.88 Å². The van der Waals surface area contributed by atoms with Crippen molar-refractivity contribution in [3.8, 4) is 0 Å². The predicted molar refractivity (Wildman–Crippen MR) is 113 cm³/mol. The van der Waals surface area contributed by atoms with Gasteiger partial charge in [0.15, 0.2) is 5.79 Å². The van der Waals surface area contributed by atoms with Crippen molar-refractivity contribution >= 4 is 29.4 Å². The molecule has 162 valence electrons. The molecular weight excluding hydrogens is 390 g/mol. The monoisotopic (exact) mass is 423 g/mol. The zero-order valence-electron chi connectivity index (χ0n) is 17.6. The predicted octanol–water partition coefficient (Wildman–Crippen LogP) is 4.77. The fraction of sp³-hybridized carbons (Fsp3) is 0.727. The number of anilines is 1. The molecule has 1 spiro atoms. The summed E-state index contributed by atoms with van der Waals surface area (Å²) in [6.45, 7) is 3.64. The van der Waals surface area contributed by atoms with E-state index in [9.17, 15) is 9.59 Å². The van der Waals surface area contributed by atoms with Gasteiger partial charge in [0, 0.05) is 18.9 Å². The summed E-state index contributed by atoms with van der Waals surface area (Å²) < 4.78 is 16.2. The molecule has 1 aromatic heterocycles. The lowest BCUT2D eigenvalue weighted by Gasteiger charge is -2.38. The van der Waals surface area contributed by atoms with E-state index in [4.69, 9.17) is 14.2 Å². The molecule has 1 aliphatic heterocycles. The lowest BCUT2D eigenvalue weighted by molar-refractivity contribution is -0.178. The number of esters is 1. The van der Waals surface area contributed by atoms with E-state index in [1.54, 1.807) is 16.3 Å². The Labute approximate surface area is 177 Å². The molecule has 0 bridgehead atoms. The lowest BCUT2D eigenvalue weighted by Crippen LogP contribution is -2.44. The van der Waals surface area contributed by atoms with Crippen molar-refractivity contribution in [3.63, 3.8) is 0 Å². The summed E-state index contributed by atoms with van der Waals surface area (Å²) in [5, 5.41) is 1.80. The van der Waals surface area contributed by atoms with Gasteiger partial charge in [0.2, 0.25) is 6.41 Å². The fourth-order valence-corrected chi connectivity index (χ4v) is 5.31. The van der Waals surface area contributed by atoms with Crippen LogP contribution in [0.5, 0.6) is 0 Å². The van der Waals surface area contributed by atoms with Gasteiger partial charge in [0.25, 0.3) is 0 Å². The van der Waals surface area contributed by atoms with E-state index in [1.165, 1.54) is 50.6 Å². The zero-order valence-corrected chi connectivity index (χ0v) is 18.4. The number of thiophene rings is 1. The summed E-state index contributed by atoms with van der Waals surface area (Å²) in [7, 11) is 1.34. The van der Waals surface area contributed by atoms with Crippen LogP contribution in [0.3, 0.4) is 0 Å². The normalized spacial score (nSPS) is 22.0. The second-order valence-electron chi connectivity index (χ2n) is 8.22. The molecule has 1 saturated heterocycles. The molecular formula is C22H33NO5S. The topological polar surface area (TPSA) is 65.1 Å². The smallest absolute Gasteiger partial charge is 0.350 e. The molecule has 3 fully saturated rings. The number of nitrogens with zero attached hydrogens (tertiary/aromatic N) is 1. The Kier molecular flexibility index (Phi) is 8.09. The van der Waals surface area contributed by atoms with Crippen molar-refractivity contribution in [2.75, 3.05) is 25.2 Å². The largest absolute Gasteiger partial charge is 0.465 e. The summed E-state index contributed by atoms with van der Waals surface area (Å²) in [5.41, 5.74) is 0.626. The van der Waals surface area contributed by atoms with Crippen LogP contribution in [-0.2, 0) is 19.0 Å². The van der Waals surface area contributed by atoms with Crippen molar-refractivity contribution in [2.45, 2.75) is 76.5 Å². The highest BCUT2D eigenvalue weighted by Gasteiger charge is 2.42. The Morgan fingerprint density at radius 1 is 1.17 bits per heavy atom. The van der Waals surface area contributed by atoms with Crippen molar-refractivity contribution in [2.24, 2.45) is 5.92 Å². The van der Waals surface area contributed by atoms with Gasteiger partial charge in [-0.1, -0.05) is 39.0 Å². The molecule has 6 nitrogen and oxygen atoms in total. The number of ether oxygens (including phenoxy) is 3. The average molecular weight is 424 g/mol. The summed E-state index contributed by atoms with van der Waals surface area (Å²) in [5.74, 6) is 0.172. The van der Waals surface area contributed by atoms with Crippen LogP contribution in [0.4, 0.5) is 5.69 Å². The molecule has 29 heavy (non-hydrogen) atoms. The quantitative estimate of drug-likeness (QED) is 0.516. The Balaban J connectivity index is 0.000000290.